The van der Waals surface area contributed by atoms with Crippen molar-refractivity contribution in [2.24, 2.45) is 5.92 Å². The number of carbonyl (C=O) groups excluding carboxylic acids is 2. The molecule has 3 aromatic rings. The van der Waals surface area contributed by atoms with Crippen molar-refractivity contribution in [3.8, 4) is 17.1 Å². The second-order valence-electron chi connectivity index (χ2n) is 7.15. The zero-order valence-electron chi connectivity index (χ0n) is 17.6. The van der Waals surface area contributed by atoms with Gasteiger partial charge in [-0.2, -0.15) is 0 Å². The normalized spacial score (nSPS) is 18.1. The third kappa shape index (κ3) is 4.77. The van der Waals surface area contributed by atoms with Gasteiger partial charge in [0.15, 0.2) is 11.2 Å². The van der Waals surface area contributed by atoms with E-state index in [1.165, 1.54) is 4.68 Å². The molecule has 4 rings (SSSR count). The molecular formula is C21H22N6O5S. The number of hydrogen-bond donors (Lipinski definition) is 3. The van der Waals surface area contributed by atoms with Crippen molar-refractivity contribution in [1.82, 2.24) is 30.3 Å². The van der Waals surface area contributed by atoms with Crippen LogP contribution in [0.25, 0.3) is 17.1 Å². The zero-order chi connectivity index (χ0) is 23.4. The van der Waals surface area contributed by atoms with E-state index < -0.39 is 33.2 Å². The molecule has 0 bridgehead atoms. The number of nitrogens with zero attached hydrogens (tertiary/aromatic N) is 3. The Kier molecular flexibility index (Phi) is 6.49. The molecule has 2 unspecified atom stereocenters. The molecule has 1 aliphatic rings. The van der Waals surface area contributed by atoms with Gasteiger partial charge in [-0.25, -0.2) is 28.2 Å². The maximum absolute atomic E-state index is 12.9. The molecule has 2 atom stereocenters. The quantitative estimate of drug-likeness (QED) is 0.423. The van der Waals surface area contributed by atoms with Crippen LogP contribution in [0.4, 0.5) is 0 Å². The first kappa shape index (κ1) is 22.6. The Morgan fingerprint density at radius 2 is 1.79 bits per heavy atom. The molecule has 0 aliphatic carbocycles. The van der Waals surface area contributed by atoms with Crippen molar-refractivity contribution >= 4 is 21.9 Å². The van der Waals surface area contributed by atoms with Gasteiger partial charge in [0.1, 0.15) is 5.92 Å². The summed E-state index contributed by atoms with van der Waals surface area (Å²) in [7, 11) is -4.32. The summed E-state index contributed by atoms with van der Waals surface area (Å²) in [6.07, 6.45) is 0. The van der Waals surface area contributed by atoms with Crippen LogP contribution < -0.4 is 15.6 Å². The van der Waals surface area contributed by atoms with Gasteiger partial charge in [0.05, 0.1) is 12.3 Å². The number of nitrogens with one attached hydrogen (secondary N) is 3. The van der Waals surface area contributed by atoms with E-state index in [1.807, 2.05) is 41.1 Å². The molecule has 11 nitrogen and oxygen atoms in total. The highest BCUT2D eigenvalue weighted by Gasteiger charge is 2.43. The average Bonchev–Trinajstić information content (AvgIpc) is 3.49. The van der Waals surface area contributed by atoms with Crippen molar-refractivity contribution < 1.29 is 22.7 Å². The second kappa shape index (κ2) is 9.48. The van der Waals surface area contributed by atoms with Crippen LogP contribution in [0.1, 0.15) is 17.5 Å². The summed E-state index contributed by atoms with van der Waals surface area (Å²) < 4.78 is 34.1. The Balaban J connectivity index is 1.63. The lowest BCUT2D eigenvalue weighted by Gasteiger charge is -2.17. The predicted octanol–water partition coefficient (Wildman–Crippen LogP) is 0.607. The van der Waals surface area contributed by atoms with Crippen LogP contribution in [0, 0.1) is 5.92 Å². The van der Waals surface area contributed by atoms with E-state index in [-0.39, 0.29) is 19.0 Å². The first-order valence-electron chi connectivity index (χ1n) is 10.2. The molecule has 12 heteroatoms. The number of carbonyl (C=O) groups is 2. The lowest BCUT2D eigenvalue weighted by Crippen LogP contribution is -2.49. The molecule has 3 N–H and O–H groups in total. The van der Waals surface area contributed by atoms with Gasteiger partial charge >= 0.3 is 11.9 Å². The molecule has 0 radical (unpaired) electrons. The number of esters is 1. The fourth-order valence-corrected chi connectivity index (χ4v) is 4.75. The standard InChI is InChI=1S/C21H22N6O5S/c1-2-32-21(29)16-13-22-24-20(16)33(30,31)26-19(28)17-23-18(14-9-5-3-6-10-14)27(25-17)15-11-7-4-8-12-15/h3-12,16,20,22,24H,2,13H2,1H3,(H,26,28). The van der Waals surface area contributed by atoms with E-state index >= 15 is 0 Å². The van der Waals surface area contributed by atoms with Gasteiger partial charge in [0.25, 0.3) is 10.0 Å². The first-order chi connectivity index (χ1) is 15.9. The molecule has 0 saturated carbocycles. The van der Waals surface area contributed by atoms with Crippen LogP contribution in [-0.4, -0.2) is 53.6 Å². The number of para-hydroxylation sites is 1. The maximum Gasteiger partial charge on any atom is 0.313 e. The highest BCUT2D eigenvalue weighted by Crippen LogP contribution is 2.21. The van der Waals surface area contributed by atoms with E-state index in [0.717, 1.165) is 0 Å². The maximum atomic E-state index is 12.9. The number of hydrazine groups is 1. The molecule has 33 heavy (non-hydrogen) atoms. The second-order valence-corrected chi connectivity index (χ2v) is 8.95. The summed E-state index contributed by atoms with van der Waals surface area (Å²) in [5, 5.41) is 2.85. The summed E-state index contributed by atoms with van der Waals surface area (Å²) in [6.45, 7) is 1.77. The summed E-state index contributed by atoms with van der Waals surface area (Å²) in [5.74, 6) is -2.69. The van der Waals surface area contributed by atoms with E-state index in [0.29, 0.717) is 17.1 Å². The van der Waals surface area contributed by atoms with Crippen LogP contribution in [0.15, 0.2) is 60.7 Å². The van der Waals surface area contributed by atoms with Gasteiger partial charge in [0.2, 0.25) is 5.82 Å². The van der Waals surface area contributed by atoms with Gasteiger partial charge in [-0.05, 0) is 19.1 Å². The van der Waals surface area contributed by atoms with Crippen LogP contribution in [0.2, 0.25) is 0 Å². The monoisotopic (exact) mass is 470 g/mol. The van der Waals surface area contributed by atoms with Gasteiger partial charge < -0.3 is 4.74 Å². The molecule has 1 aromatic heterocycles. The summed E-state index contributed by atoms with van der Waals surface area (Å²) in [5.41, 5.74) is 6.47. The van der Waals surface area contributed by atoms with Gasteiger partial charge in [-0.3, -0.25) is 15.0 Å². The van der Waals surface area contributed by atoms with E-state index in [1.54, 1.807) is 31.2 Å². The summed E-state index contributed by atoms with van der Waals surface area (Å²) in [4.78, 5) is 29.3. The highest BCUT2D eigenvalue weighted by atomic mass is 32.2. The third-order valence-corrected chi connectivity index (χ3v) is 6.52. The molecular weight excluding hydrogens is 448 g/mol. The van der Waals surface area contributed by atoms with Gasteiger partial charge in [-0.1, -0.05) is 48.5 Å². The minimum Gasteiger partial charge on any atom is -0.466 e. The van der Waals surface area contributed by atoms with Crippen molar-refractivity contribution in [3.63, 3.8) is 0 Å². The fraction of sp³-hybridized carbons (Fsp3) is 0.238. The van der Waals surface area contributed by atoms with E-state index in [2.05, 4.69) is 20.9 Å². The van der Waals surface area contributed by atoms with Crippen LogP contribution in [0.3, 0.4) is 0 Å². The molecule has 1 fully saturated rings. The summed E-state index contributed by atoms with van der Waals surface area (Å²) in [6, 6.07) is 18.1. The number of ether oxygens (including phenoxy) is 1. The number of aromatic nitrogens is 3. The Labute approximate surface area is 190 Å². The van der Waals surface area contributed by atoms with Crippen LogP contribution in [0.5, 0.6) is 0 Å². The van der Waals surface area contributed by atoms with Crippen molar-refractivity contribution in [2.45, 2.75) is 12.3 Å². The largest absolute Gasteiger partial charge is 0.466 e. The number of rotatable bonds is 7. The third-order valence-electron chi connectivity index (χ3n) is 4.93. The van der Waals surface area contributed by atoms with Crippen LogP contribution >= 0.6 is 0 Å². The Morgan fingerprint density at radius 3 is 2.45 bits per heavy atom. The van der Waals surface area contributed by atoms with E-state index in [9.17, 15) is 18.0 Å². The average molecular weight is 471 g/mol. The van der Waals surface area contributed by atoms with Crippen molar-refractivity contribution in [2.75, 3.05) is 13.2 Å². The molecule has 1 saturated heterocycles. The molecule has 1 amide bonds. The zero-order valence-corrected chi connectivity index (χ0v) is 18.5. The van der Waals surface area contributed by atoms with Gasteiger partial charge in [0, 0.05) is 12.1 Å². The Morgan fingerprint density at radius 1 is 1.12 bits per heavy atom. The molecule has 2 aromatic carbocycles. The number of hydrogen-bond acceptors (Lipinski definition) is 9. The Bertz CT molecular complexity index is 1190. The number of amides is 1. The molecule has 0 spiro atoms. The van der Waals surface area contributed by atoms with Crippen LogP contribution in [-0.2, 0) is 19.6 Å². The first-order valence-corrected chi connectivity index (χ1v) is 11.7. The topological polar surface area (TPSA) is 144 Å². The SMILES string of the molecule is CCOC(=O)C1CNNC1S(=O)(=O)NC(=O)c1nc(-c2ccccc2)n(-c2ccccc2)n1. The lowest BCUT2D eigenvalue weighted by atomic mass is 10.2. The molecule has 172 valence electrons. The molecule has 1 aliphatic heterocycles. The predicted molar refractivity (Wildman–Crippen MR) is 118 cm³/mol. The Hall–Kier alpha value is -3.61. The fourth-order valence-electron chi connectivity index (χ4n) is 3.40. The minimum atomic E-state index is -4.32. The molecule has 2 heterocycles. The van der Waals surface area contributed by atoms with Gasteiger partial charge in [-0.15, -0.1) is 5.10 Å². The van der Waals surface area contributed by atoms with Crippen molar-refractivity contribution in [3.05, 3.63) is 66.5 Å². The summed E-state index contributed by atoms with van der Waals surface area (Å²) >= 11 is 0. The smallest absolute Gasteiger partial charge is 0.313 e. The van der Waals surface area contributed by atoms with Crippen molar-refractivity contribution in [1.29, 1.82) is 0 Å². The lowest BCUT2D eigenvalue weighted by molar-refractivity contribution is -0.147. The highest BCUT2D eigenvalue weighted by molar-refractivity contribution is 7.90. The van der Waals surface area contributed by atoms with E-state index in [4.69, 9.17) is 4.74 Å². The minimum absolute atomic E-state index is 0.0393. The number of sulfonamides is 1. The number of benzene rings is 2.